The molecule has 4 heteroatoms. The van der Waals surface area contributed by atoms with Gasteiger partial charge in [0.25, 0.3) is 0 Å². The van der Waals surface area contributed by atoms with Gasteiger partial charge in [0.2, 0.25) is 5.91 Å². The second-order valence-electron chi connectivity index (χ2n) is 4.97. The Morgan fingerprint density at radius 1 is 1.18 bits per heavy atom. The molecule has 0 aliphatic carbocycles. The molecule has 4 nitrogen and oxygen atoms in total. The molecule has 1 N–H and O–H groups in total. The summed E-state index contributed by atoms with van der Waals surface area (Å²) in [5.74, 6) is -0.523. The molecule has 0 bridgehead atoms. The largest absolute Gasteiger partial charge is 0.481 e. The summed E-state index contributed by atoms with van der Waals surface area (Å²) < 4.78 is 0. The summed E-state index contributed by atoms with van der Waals surface area (Å²) >= 11 is 0. The average Bonchev–Trinajstić information content (AvgIpc) is 2.30. The number of hydrogen-bond donors (Lipinski definition) is 1. The van der Waals surface area contributed by atoms with Crippen LogP contribution in [0.15, 0.2) is 0 Å². The number of rotatable bonds is 5. The highest BCUT2D eigenvalue weighted by molar-refractivity contribution is 5.78. The summed E-state index contributed by atoms with van der Waals surface area (Å²) in [4.78, 5) is 24.9. The molecule has 0 atom stereocenters. The van der Waals surface area contributed by atoms with Crippen molar-refractivity contribution in [1.82, 2.24) is 4.90 Å². The standard InChI is InChI=1S/C13H23NO3/c1-3-5-11(15)14-9-7-13(6-4-2,8-10-14)12(16)17/h3-10H2,1-2H3,(H,16,17). The molecule has 0 unspecified atom stereocenters. The van der Waals surface area contributed by atoms with Crippen molar-refractivity contribution in [2.75, 3.05) is 13.1 Å². The third-order valence-electron chi connectivity index (χ3n) is 3.72. The van der Waals surface area contributed by atoms with Crippen molar-refractivity contribution >= 4 is 11.9 Å². The molecule has 0 aromatic heterocycles. The van der Waals surface area contributed by atoms with E-state index in [4.69, 9.17) is 0 Å². The van der Waals surface area contributed by atoms with Gasteiger partial charge in [-0.15, -0.1) is 0 Å². The first-order chi connectivity index (χ1) is 8.05. The first kappa shape index (κ1) is 14.0. The summed E-state index contributed by atoms with van der Waals surface area (Å²) in [6, 6.07) is 0. The zero-order chi connectivity index (χ0) is 12.9. The number of hydrogen-bond acceptors (Lipinski definition) is 2. The van der Waals surface area contributed by atoms with E-state index in [0.29, 0.717) is 32.4 Å². The molecule has 0 saturated carbocycles. The minimum Gasteiger partial charge on any atom is -0.481 e. The van der Waals surface area contributed by atoms with Crippen LogP contribution in [0.3, 0.4) is 0 Å². The van der Waals surface area contributed by atoms with Crippen molar-refractivity contribution in [3.63, 3.8) is 0 Å². The highest BCUT2D eigenvalue weighted by Crippen LogP contribution is 2.36. The van der Waals surface area contributed by atoms with Crippen molar-refractivity contribution in [3.8, 4) is 0 Å². The van der Waals surface area contributed by atoms with Crippen LogP contribution in [0.1, 0.15) is 52.4 Å². The van der Waals surface area contributed by atoms with Gasteiger partial charge in [0, 0.05) is 19.5 Å². The molecule has 1 rings (SSSR count). The minimum absolute atomic E-state index is 0.169. The number of likely N-dealkylation sites (tertiary alicyclic amines) is 1. The van der Waals surface area contributed by atoms with Crippen molar-refractivity contribution in [2.24, 2.45) is 5.41 Å². The van der Waals surface area contributed by atoms with Crippen LogP contribution in [-0.2, 0) is 9.59 Å². The SMILES string of the molecule is CCCC(=O)N1CCC(CCC)(C(=O)O)CC1. The van der Waals surface area contributed by atoms with Gasteiger partial charge in [-0.3, -0.25) is 9.59 Å². The summed E-state index contributed by atoms with van der Waals surface area (Å²) in [5.41, 5.74) is -0.586. The van der Waals surface area contributed by atoms with E-state index in [9.17, 15) is 14.7 Å². The maximum absolute atomic E-state index is 11.7. The Hall–Kier alpha value is -1.06. The van der Waals surface area contributed by atoms with Gasteiger partial charge in [-0.1, -0.05) is 20.3 Å². The molecule has 17 heavy (non-hydrogen) atoms. The average molecular weight is 241 g/mol. The lowest BCUT2D eigenvalue weighted by Gasteiger charge is -2.38. The number of carboxylic acid groups (broad SMARTS) is 1. The van der Waals surface area contributed by atoms with E-state index in [0.717, 1.165) is 19.3 Å². The predicted octanol–water partition coefficient (Wildman–Crippen LogP) is 2.28. The van der Waals surface area contributed by atoms with Gasteiger partial charge >= 0.3 is 5.97 Å². The molecule has 0 radical (unpaired) electrons. The zero-order valence-corrected chi connectivity index (χ0v) is 10.9. The van der Waals surface area contributed by atoms with Gasteiger partial charge in [0.1, 0.15) is 0 Å². The predicted molar refractivity (Wildman–Crippen MR) is 65.7 cm³/mol. The third-order valence-corrected chi connectivity index (χ3v) is 3.72. The molecule has 0 aromatic carbocycles. The van der Waals surface area contributed by atoms with Gasteiger partial charge in [-0.2, -0.15) is 0 Å². The van der Waals surface area contributed by atoms with E-state index < -0.39 is 11.4 Å². The van der Waals surface area contributed by atoms with Crippen molar-refractivity contribution in [3.05, 3.63) is 0 Å². The summed E-state index contributed by atoms with van der Waals surface area (Å²) in [6.07, 6.45) is 4.24. The quantitative estimate of drug-likeness (QED) is 0.803. The lowest BCUT2D eigenvalue weighted by Crippen LogP contribution is -2.46. The molecule has 1 saturated heterocycles. The molecule has 1 heterocycles. The number of carbonyl (C=O) groups is 2. The van der Waals surface area contributed by atoms with Gasteiger partial charge in [0.15, 0.2) is 0 Å². The molecule has 1 aliphatic heterocycles. The fourth-order valence-electron chi connectivity index (χ4n) is 2.61. The Morgan fingerprint density at radius 2 is 1.76 bits per heavy atom. The Bertz CT molecular complexity index is 280. The second-order valence-corrected chi connectivity index (χ2v) is 4.97. The third kappa shape index (κ3) is 3.20. The number of nitrogens with zero attached hydrogens (tertiary/aromatic N) is 1. The lowest BCUT2D eigenvalue weighted by atomic mass is 9.75. The van der Waals surface area contributed by atoms with E-state index >= 15 is 0 Å². The van der Waals surface area contributed by atoms with Crippen LogP contribution in [0.2, 0.25) is 0 Å². The maximum Gasteiger partial charge on any atom is 0.309 e. The molecule has 1 fully saturated rings. The fraction of sp³-hybridized carbons (Fsp3) is 0.846. The second kappa shape index (κ2) is 6.03. The molecule has 98 valence electrons. The molecule has 1 amide bonds. The van der Waals surface area contributed by atoms with Crippen LogP contribution in [0.4, 0.5) is 0 Å². The summed E-state index contributed by atoms with van der Waals surface area (Å²) in [6.45, 7) is 5.20. The van der Waals surface area contributed by atoms with E-state index in [1.807, 2.05) is 18.7 Å². The number of amides is 1. The molecule has 1 aliphatic rings. The Kier molecular flexibility index (Phi) is 4.97. The van der Waals surface area contributed by atoms with Crippen LogP contribution < -0.4 is 0 Å². The highest BCUT2D eigenvalue weighted by Gasteiger charge is 2.41. The zero-order valence-electron chi connectivity index (χ0n) is 10.9. The minimum atomic E-state index is -0.693. The first-order valence-corrected chi connectivity index (χ1v) is 6.57. The van der Waals surface area contributed by atoms with Gasteiger partial charge < -0.3 is 10.0 Å². The molecular formula is C13H23NO3. The van der Waals surface area contributed by atoms with Crippen molar-refractivity contribution < 1.29 is 14.7 Å². The van der Waals surface area contributed by atoms with Gasteiger partial charge in [-0.25, -0.2) is 0 Å². The Labute approximate surface area is 103 Å². The lowest BCUT2D eigenvalue weighted by molar-refractivity contribution is -0.155. The topological polar surface area (TPSA) is 57.6 Å². The van der Waals surface area contributed by atoms with E-state index in [1.165, 1.54) is 0 Å². The van der Waals surface area contributed by atoms with Crippen LogP contribution in [0.5, 0.6) is 0 Å². The van der Waals surface area contributed by atoms with E-state index in [2.05, 4.69) is 0 Å². The Morgan fingerprint density at radius 3 is 2.18 bits per heavy atom. The highest BCUT2D eigenvalue weighted by atomic mass is 16.4. The summed E-state index contributed by atoms with van der Waals surface area (Å²) in [5, 5.41) is 9.34. The van der Waals surface area contributed by atoms with Crippen molar-refractivity contribution in [2.45, 2.75) is 52.4 Å². The molecule has 0 spiro atoms. The fourth-order valence-corrected chi connectivity index (χ4v) is 2.61. The number of carbonyl (C=O) groups excluding carboxylic acids is 1. The van der Waals surface area contributed by atoms with E-state index in [-0.39, 0.29) is 5.91 Å². The van der Waals surface area contributed by atoms with Crippen LogP contribution >= 0.6 is 0 Å². The number of piperidine rings is 1. The number of aliphatic carboxylic acids is 1. The maximum atomic E-state index is 11.7. The first-order valence-electron chi connectivity index (χ1n) is 6.57. The molecular weight excluding hydrogens is 218 g/mol. The van der Waals surface area contributed by atoms with E-state index in [1.54, 1.807) is 0 Å². The molecule has 0 aromatic rings. The smallest absolute Gasteiger partial charge is 0.309 e. The van der Waals surface area contributed by atoms with Crippen LogP contribution in [0.25, 0.3) is 0 Å². The van der Waals surface area contributed by atoms with Gasteiger partial charge in [-0.05, 0) is 25.7 Å². The normalized spacial score (nSPS) is 19.1. The van der Waals surface area contributed by atoms with Crippen molar-refractivity contribution in [1.29, 1.82) is 0 Å². The van der Waals surface area contributed by atoms with Gasteiger partial charge in [0.05, 0.1) is 5.41 Å². The van der Waals surface area contributed by atoms with Crippen LogP contribution in [0, 0.1) is 5.41 Å². The monoisotopic (exact) mass is 241 g/mol. The Balaban J connectivity index is 2.58. The number of carboxylic acids is 1. The van der Waals surface area contributed by atoms with Crippen LogP contribution in [-0.4, -0.2) is 35.0 Å². The summed E-state index contributed by atoms with van der Waals surface area (Å²) in [7, 11) is 0.